The third-order valence-corrected chi connectivity index (χ3v) is 4.37. The van der Waals surface area contributed by atoms with E-state index in [9.17, 15) is 4.79 Å². The fourth-order valence-corrected chi connectivity index (χ4v) is 3.21. The SMILES string of the molecule is O=C(NC1CC1C1CC1)C1CSCN1. The second-order valence-electron chi connectivity index (χ2n) is 4.62. The van der Waals surface area contributed by atoms with Crippen molar-refractivity contribution >= 4 is 17.7 Å². The molecule has 1 amide bonds. The smallest absolute Gasteiger partial charge is 0.238 e. The molecule has 0 bridgehead atoms. The molecule has 0 radical (unpaired) electrons. The minimum absolute atomic E-state index is 0.0699. The lowest BCUT2D eigenvalue weighted by Crippen LogP contribution is -2.43. The Labute approximate surface area is 88.4 Å². The maximum absolute atomic E-state index is 11.7. The fraction of sp³-hybridized carbons (Fsp3) is 0.900. The molecule has 3 nitrogen and oxygen atoms in total. The van der Waals surface area contributed by atoms with Crippen molar-refractivity contribution in [2.24, 2.45) is 11.8 Å². The summed E-state index contributed by atoms with van der Waals surface area (Å²) < 4.78 is 0. The molecule has 0 aromatic heterocycles. The molecule has 1 heterocycles. The summed E-state index contributed by atoms with van der Waals surface area (Å²) in [6.07, 6.45) is 4.03. The molecule has 3 unspecified atom stereocenters. The Kier molecular flexibility index (Phi) is 2.21. The lowest BCUT2D eigenvalue weighted by atomic mass is 10.2. The number of amides is 1. The van der Waals surface area contributed by atoms with E-state index >= 15 is 0 Å². The van der Waals surface area contributed by atoms with Gasteiger partial charge in [0.1, 0.15) is 0 Å². The molecule has 2 aliphatic carbocycles. The van der Waals surface area contributed by atoms with Gasteiger partial charge in [0.15, 0.2) is 0 Å². The first-order valence-corrected chi connectivity index (χ1v) is 6.61. The Morgan fingerprint density at radius 2 is 2.29 bits per heavy atom. The summed E-state index contributed by atoms with van der Waals surface area (Å²) >= 11 is 1.81. The van der Waals surface area contributed by atoms with E-state index in [0.29, 0.717) is 6.04 Å². The molecule has 14 heavy (non-hydrogen) atoms. The molecule has 0 aromatic rings. The first-order valence-electron chi connectivity index (χ1n) is 5.46. The van der Waals surface area contributed by atoms with E-state index < -0.39 is 0 Å². The molecule has 0 spiro atoms. The maximum atomic E-state index is 11.7. The van der Waals surface area contributed by atoms with Crippen LogP contribution in [0.2, 0.25) is 0 Å². The predicted octanol–water partition coefficient (Wildman–Crippen LogP) is 0.564. The van der Waals surface area contributed by atoms with Crippen molar-refractivity contribution in [1.82, 2.24) is 10.6 Å². The van der Waals surface area contributed by atoms with E-state index in [-0.39, 0.29) is 11.9 Å². The third-order valence-electron chi connectivity index (χ3n) is 3.43. The third kappa shape index (κ3) is 1.77. The summed E-state index contributed by atoms with van der Waals surface area (Å²) in [6, 6.07) is 0.586. The normalized spacial score (nSPS) is 41.0. The molecule has 1 aliphatic heterocycles. The van der Waals surface area contributed by atoms with E-state index in [1.54, 1.807) is 11.8 Å². The van der Waals surface area contributed by atoms with Crippen molar-refractivity contribution in [3.05, 3.63) is 0 Å². The van der Waals surface area contributed by atoms with Crippen LogP contribution < -0.4 is 10.6 Å². The van der Waals surface area contributed by atoms with Gasteiger partial charge >= 0.3 is 0 Å². The number of carbonyl (C=O) groups is 1. The Hall–Kier alpha value is -0.220. The summed E-state index contributed by atoms with van der Waals surface area (Å²) in [7, 11) is 0. The standard InChI is InChI=1S/C10H16N2OS/c13-10(9-4-14-5-11-9)12-8-3-7(8)6-1-2-6/h6-9,11H,1-5H2,(H,12,13). The first kappa shape index (κ1) is 9.04. The van der Waals surface area contributed by atoms with Crippen molar-refractivity contribution in [3.8, 4) is 0 Å². The molecular formula is C10H16N2OS. The van der Waals surface area contributed by atoms with Crippen molar-refractivity contribution in [2.45, 2.75) is 31.3 Å². The highest BCUT2D eigenvalue weighted by molar-refractivity contribution is 7.99. The van der Waals surface area contributed by atoms with Gasteiger partial charge in [0.05, 0.1) is 6.04 Å². The average molecular weight is 212 g/mol. The zero-order valence-corrected chi connectivity index (χ0v) is 8.98. The van der Waals surface area contributed by atoms with Crippen molar-refractivity contribution < 1.29 is 4.79 Å². The maximum Gasteiger partial charge on any atom is 0.238 e. The quantitative estimate of drug-likeness (QED) is 0.718. The topological polar surface area (TPSA) is 41.1 Å². The van der Waals surface area contributed by atoms with E-state index in [2.05, 4.69) is 10.6 Å². The zero-order chi connectivity index (χ0) is 9.54. The van der Waals surface area contributed by atoms with Gasteiger partial charge in [-0.15, -0.1) is 11.8 Å². The van der Waals surface area contributed by atoms with Gasteiger partial charge in [0.25, 0.3) is 0 Å². The summed E-state index contributed by atoms with van der Waals surface area (Å²) in [5.41, 5.74) is 0. The second-order valence-corrected chi connectivity index (χ2v) is 5.65. The number of nitrogens with one attached hydrogen (secondary N) is 2. The van der Waals surface area contributed by atoms with Gasteiger partial charge in [0.2, 0.25) is 5.91 Å². The van der Waals surface area contributed by atoms with Gasteiger partial charge in [0, 0.05) is 17.7 Å². The lowest BCUT2D eigenvalue weighted by Gasteiger charge is -2.09. The first-order chi connectivity index (χ1) is 6.84. The van der Waals surface area contributed by atoms with E-state index in [4.69, 9.17) is 0 Å². The van der Waals surface area contributed by atoms with Crippen molar-refractivity contribution in [2.75, 3.05) is 11.6 Å². The Morgan fingerprint density at radius 3 is 2.93 bits per heavy atom. The average Bonchev–Trinajstić information content (AvgIpc) is 3.06. The molecule has 4 heteroatoms. The highest BCUT2D eigenvalue weighted by Gasteiger charge is 2.48. The predicted molar refractivity (Wildman–Crippen MR) is 57.0 cm³/mol. The molecular weight excluding hydrogens is 196 g/mol. The molecule has 1 saturated heterocycles. The Balaban J connectivity index is 1.45. The highest BCUT2D eigenvalue weighted by atomic mass is 32.2. The van der Waals surface area contributed by atoms with Crippen LogP contribution in [0, 0.1) is 11.8 Å². The van der Waals surface area contributed by atoms with Crippen LogP contribution >= 0.6 is 11.8 Å². The molecule has 78 valence electrons. The van der Waals surface area contributed by atoms with Crippen LogP contribution in [0.4, 0.5) is 0 Å². The Morgan fingerprint density at radius 1 is 1.43 bits per heavy atom. The number of thioether (sulfide) groups is 1. The van der Waals surface area contributed by atoms with Crippen LogP contribution in [0.5, 0.6) is 0 Å². The minimum Gasteiger partial charge on any atom is -0.352 e. The highest BCUT2D eigenvalue weighted by Crippen LogP contribution is 2.49. The van der Waals surface area contributed by atoms with Gasteiger partial charge in [-0.3, -0.25) is 10.1 Å². The summed E-state index contributed by atoms with van der Waals surface area (Å²) in [5.74, 6) is 3.86. The monoisotopic (exact) mass is 212 g/mol. The molecule has 3 aliphatic rings. The molecule has 2 saturated carbocycles. The molecule has 3 rings (SSSR count). The summed E-state index contributed by atoms with van der Waals surface area (Å²) in [5, 5.41) is 6.35. The molecule has 3 atom stereocenters. The van der Waals surface area contributed by atoms with Gasteiger partial charge in [-0.2, -0.15) is 0 Å². The second kappa shape index (κ2) is 3.42. The zero-order valence-electron chi connectivity index (χ0n) is 8.16. The number of hydrogen-bond acceptors (Lipinski definition) is 3. The van der Waals surface area contributed by atoms with E-state index in [1.165, 1.54) is 19.3 Å². The molecule has 2 N–H and O–H groups in total. The van der Waals surface area contributed by atoms with Crippen LogP contribution in [0.15, 0.2) is 0 Å². The van der Waals surface area contributed by atoms with Crippen LogP contribution in [-0.2, 0) is 4.79 Å². The molecule has 3 fully saturated rings. The van der Waals surface area contributed by atoms with Crippen LogP contribution in [0.1, 0.15) is 19.3 Å². The van der Waals surface area contributed by atoms with Gasteiger partial charge in [-0.05, 0) is 31.1 Å². The number of hydrogen-bond donors (Lipinski definition) is 2. The lowest BCUT2D eigenvalue weighted by molar-refractivity contribution is -0.122. The summed E-state index contributed by atoms with van der Waals surface area (Å²) in [4.78, 5) is 11.7. The van der Waals surface area contributed by atoms with Gasteiger partial charge < -0.3 is 5.32 Å². The summed E-state index contributed by atoms with van der Waals surface area (Å²) in [6.45, 7) is 0. The number of rotatable bonds is 3. The van der Waals surface area contributed by atoms with Crippen LogP contribution in [0.25, 0.3) is 0 Å². The van der Waals surface area contributed by atoms with Gasteiger partial charge in [-0.1, -0.05) is 0 Å². The van der Waals surface area contributed by atoms with Crippen molar-refractivity contribution in [3.63, 3.8) is 0 Å². The van der Waals surface area contributed by atoms with Crippen molar-refractivity contribution in [1.29, 1.82) is 0 Å². The number of carbonyl (C=O) groups excluding carboxylic acids is 1. The molecule has 0 aromatic carbocycles. The van der Waals surface area contributed by atoms with Gasteiger partial charge in [-0.25, -0.2) is 0 Å². The Bertz CT molecular complexity index is 249. The van der Waals surface area contributed by atoms with E-state index in [1.807, 2.05) is 0 Å². The minimum atomic E-state index is 0.0699. The van der Waals surface area contributed by atoms with Crippen LogP contribution in [0.3, 0.4) is 0 Å². The fourth-order valence-electron chi connectivity index (χ4n) is 2.27. The largest absolute Gasteiger partial charge is 0.352 e. The van der Waals surface area contributed by atoms with Crippen LogP contribution in [-0.4, -0.2) is 29.6 Å². The van der Waals surface area contributed by atoms with E-state index in [0.717, 1.165) is 23.5 Å².